The third kappa shape index (κ3) is 2.66. The van der Waals surface area contributed by atoms with Crippen LogP contribution in [0.5, 0.6) is 11.5 Å². The van der Waals surface area contributed by atoms with Crippen molar-refractivity contribution < 1.29 is 19.4 Å². The number of carbonyl (C=O) groups excluding carboxylic acids is 1. The van der Waals surface area contributed by atoms with Crippen LogP contribution >= 0.6 is 0 Å². The molecule has 0 unspecified atom stereocenters. The number of amides is 1. The van der Waals surface area contributed by atoms with E-state index in [4.69, 9.17) is 9.47 Å². The van der Waals surface area contributed by atoms with Crippen LogP contribution in [-0.4, -0.2) is 37.4 Å². The van der Waals surface area contributed by atoms with Crippen molar-refractivity contribution in [3.05, 3.63) is 23.8 Å². The lowest BCUT2D eigenvalue weighted by molar-refractivity contribution is 0.0639. The van der Waals surface area contributed by atoms with Crippen LogP contribution in [0.25, 0.3) is 0 Å². The van der Waals surface area contributed by atoms with Gasteiger partial charge >= 0.3 is 0 Å². The summed E-state index contributed by atoms with van der Waals surface area (Å²) in [5, 5.41) is 12.3. The van der Waals surface area contributed by atoms with E-state index >= 15 is 0 Å². The number of hydrogen-bond acceptors (Lipinski definition) is 4. The maximum atomic E-state index is 12.2. The predicted molar refractivity (Wildman–Crippen MR) is 70.7 cm³/mol. The maximum absolute atomic E-state index is 12.2. The summed E-state index contributed by atoms with van der Waals surface area (Å²) < 4.78 is 10.3. The molecule has 1 amide bonds. The van der Waals surface area contributed by atoms with Crippen LogP contribution in [0, 0.1) is 0 Å². The van der Waals surface area contributed by atoms with Crippen LogP contribution < -0.4 is 14.8 Å². The third-order valence-corrected chi connectivity index (χ3v) is 3.65. The van der Waals surface area contributed by atoms with Crippen LogP contribution in [0.1, 0.15) is 29.6 Å². The molecule has 2 N–H and O–H groups in total. The van der Waals surface area contributed by atoms with E-state index in [1.807, 2.05) is 0 Å². The van der Waals surface area contributed by atoms with Gasteiger partial charge in [-0.2, -0.15) is 0 Å². The quantitative estimate of drug-likeness (QED) is 0.843. The van der Waals surface area contributed by atoms with Gasteiger partial charge in [0, 0.05) is 6.07 Å². The summed E-state index contributed by atoms with van der Waals surface area (Å²) in [5.74, 6) is 0.867. The second-order valence-corrected chi connectivity index (χ2v) is 4.81. The standard InChI is InChI=1S/C14H19NO4/c1-18-10-4-5-11(12(8-10)19-2)13(17)15-14(9-16)6-3-7-14/h4-5,8,16H,3,6-7,9H2,1-2H3,(H,15,17). The molecule has 0 aliphatic heterocycles. The molecular weight excluding hydrogens is 246 g/mol. The highest BCUT2D eigenvalue weighted by Gasteiger charge is 2.38. The molecule has 0 bridgehead atoms. The minimum absolute atomic E-state index is 0.0305. The number of nitrogens with one attached hydrogen (secondary N) is 1. The average Bonchev–Trinajstić information content (AvgIpc) is 2.41. The Morgan fingerprint density at radius 1 is 1.37 bits per heavy atom. The van der Waals surface area contributed by atoms with Gasteiger partial charge in [-0.1, -0.05) is 0 Å². The lowest BCUT2D eigenvalue weighted by atomic mass is 9.77. The van der Waals surface area contributed by atoms with E-state index in [2.05, 4.69) is 5.32 Å². The number of hydrogen-bond donors (Lipinski definition) is 2. The van der Waals surface area contributed by atoms with Gasteiger partial charge in [0.2, 0.25) is 0 Å². The molecule has 2 rings (SSSR count). The van der Waals surface area contributed by atoms with E-state index in [1.165, 1.54) is 7.11 Å². The fourth-order valence-corrected chi connectivity index (χ4v) is 2.22. The van der Waals surface area contributed by atoms with E-state index in [1.54, 1.807) is 25.3 Å². The van der Waals surface area contributed by atoms with Crippen molar-refractivity contribution in [2.75, 3.05) is 20.8 Å². The summed E-state index contributed by atoms with van der Waals surface area (Å²) in [5.41, 5.74) is -0.00908. The molecule has 0 aromatic heterocycles. The Bertz CT molecular complexity index is 463. The van der Waals surface area contributed by atoms with Crippen molar-refractivity contribution in [1.82, 2.24) is 5.32 Å². The molecule has 0 radical (unpaired) electrons. The van der Waals surface area contributed by atoms with E-state index in [0.717, 1.165) is 19.3 Å². The average molecular weight is 265 g/mol. The maximum Gasteiger partial charge on any atom is 0.255 e. The SMILES string of the molecule is COc1ccc(C(=O)NC2(CO)CCC2)c(OC)c1. The fraction of sp³-hybridized carbons (Fsp3) is 0.500. The minimum atomic E-state index is -0.456. The molecule has 0 heterocycles. The second kappa shape index (κ2) is 5.48. The molecule has 0 atom stereocenters. The molecule has 1 aliphatic rings. The number of aliphatic hydroxyl groups excluding tert-OH is 1. The highest BCUT2D eigenvalue weighted by Crippen LogP contribution is 2.32. The molecule has 1 aromatic carbocycles. The summed E-state index contributed by atoms with van der Waals surface area (Å²) >= 11 is 0. The van der Waals surface area contributed by atoms with Gasteiger partial charge in [0.05, 0.1) is 31.9 Å². The summed E-state index contributed by atoms with van der Waals surface area (Å²) in [7, 11) is 3.07. The van der Waals surface area contributed by atoms with E-state index < -0.39 is 5.54 Å². The zero-order chi connectivity index (χ0) is 13.9. The van der Waals surface area contributed by atoms with Gasteiger partial charge in [0.1, 0.15) is 11.5 Å². The lowest BCUT2D eigenvalue weighted by Gasteiger charge is -2.41. The molecule has 1 aliphatic carbocycles. The zero-order valence-corrected chi connectivity index (χ0v) is 11.2. The molecule has 1 aromatic rings. The molecule has 0 saturated heterocycles. The second-order valence-electron chi connectivity index (χ2n) is 4.81. The van der Waals surface area contributed by atoms with Crippen molar-refractivity contribution in [3.8, 4) is 11.5 Å². The lowest BCUT2D eigenvalue weighted by Crippen LogP contribution is -2.56. The number of aliphatic hydroxyl groups is 1. The Morgan fingerprint density at radius 2 is 2.11 bits per heavy atom. The Hall–Kier alpha value is -1.75. The normalized spacial score (nSPS) is 16.4. The summed E-state index contributed by atoms with van der Waals surface area (Å²) in [6.45, 7) is -0.0305. The number of rotatable bonds is 5. The van der Waals surface area contributed by atoms with Crippen molar-refractivity contribution in [1.29, 1.82) is 0 Å². The largest absolute Gasteiger partial charge is 0.497 e. The van der Waals surface area contributed by atoms with Crippen LogP contribution in [0.3, 0.4) is 0 Å². The summed E-state index contributed by atoms with van der Waals surface area (Å²) in [4.78, 5) is 12.2. The monoisotopic (exact) mass is 265 g/mol. The van der Waals surface area contributed by atoms with E-state index in [0.29, 0.717) is 17.1 Å². The predicted octanol–water partition coefficient (Wildman–Crippen LogP) is 1.35. The van der Waals surface area contributed by atoms with Gasteiger partial charge in [-0.3, -0.25) is 4.79 Å². The Morgan fingerprint density at radius 3 is 2.58 bits per heavy atom. The number of carbonyl (C=O) groups is 1. The Labute approximate surface area is 112 Å². The highest BCUT2D eigenvalue weighted by molar-refractivity contribution is 5.97. The molecule has 0 spiro atoms. The number of benzene rings is 1. The van der Waals surface area contributed by atoms with Gasteiger partial charge in [-0.25, -0.2) is 0 Å². The minimum Gasteiger partial charge on any atom is -0.497 e. The summed E-state index contributed by atoms with van der Waals surface area (Å²) in [6.07, 6.45) is 2.65. The van der Waals surface area contributed by atoms with Crippen molar-refractivity contribution in [2.45, 2.75) is 24.8 Å². The molecule has 5 heteroatoms. The van der Waals surface area contributed by atoms with Crippen LogP contribution in [-0.2, 0) is 0 Å². The molecule has 104 valence electrons. The molecule has 19 heavy (non-hydrogen) atoms. The van der Waals surface area contributed by atoms with Crippen molar-refractivity contribution in [3.63, 3.8) is 0 Å². The van der Waals surface area contributed by atoms with Gasteiger partial charge in [-0.05, 0) is 31.4 Å². The van der Waals surface area contributed by atoms with Gasteiger partial charge < -0.3 is 19.9 Å². The molecule has 1 saturated carbocycles. The first-order chi connectivity index (χ1) is 9.14. The molecule has 1 fully saturated rings. The first-order valence-electron chi connectivity index (χ1n) is 6.29. The topological polar surface area (TPSA) is 67.8 Å². The Kier molecular flexibility index (Phi) is 3.95. The highest BCUT2D eigenvalue weighted by atomic mass is 16.5. The van der Waals surface area contributed by atoms with Crippen LogP contribution in [0.15, 0.2) is 18.2 Å². The zero-order valence-electron chi connectivity index (χ0n) is 11.2. The van der Waals surface area contributed by atoms with Crippen molar-refractivity contribution >= 4 is 5.91 Å². The first kappa shape index (κ1) is 13.7. The fourth-order valence-electron chi connectivity index (χ4n) is 2.22. The Balaban J connectivity index is 2.18. The van der Waals surface area contributed by atoms with E-state index in [9.17, 15) is 9.90 Å². The number of methoxy groups -OCH3 is 2. The van der Waals surface area contributed by atoms with Gasteiger partial charge in [0.25, 0.3) is 5.91 Å². The summed E-state index contributed by atoms with van der Waals surface area (Å²) in [6, 6.07) is 5.04. The van der Waals surface area contributed by atoms with Crippen LogP contribution in [0.4, 0.5) is 0 Å². The van der Waals surface area contributed by atoms with Gasteiger partial charge in [-0.15, -0.1) is 0 Å². The molecule has 5 nitrogen and oxygen atoms in total. The van der Waals surface area contributed by atoms with Crippen LogP contribution in [0.2, 0.25) is 0 Å². The smallest absolute Gasteiger partial charge is 0.255 e. The third-order valence-electron chi connectivity index (χ3n) is 3.65. The number of ether oxygens (including phenoxy) is 2. The molecular formula is C14H19NO4. The first-order valence-corrected chi connectivity index (χ1v) is 6.29. The van der Waals surface area contributed by atoms with Crippen molar-refractivity contribution in [2.24, 2.45) is 0 Å². The van der Waals surface area contributed by atoms with Gasteiger partial charge in [0.15, 0.2) is 0 Å². The van der Waals surface area contributed by atoms with E-state index in [-0.39, 0.29) is 12.5 Å².